The fourth-order valence-corrected chi connectivity index (χ4v) is 3.69. The zero-order valence-electron chi connectivity index (χ0n) is 11.9. The van der Waals surface area contributed by atoms with Crippen LogP contribution in [0.15, 0.2) is 30.3 Å². The Kier molecular flexibility index (Phi) is 4.52. The number of likely N-dealkylation sites (tertiary alicyclic amines) is 1. The number of piperidine rings is 1. The van der Waals surface area contributed by atoms with E-state index in [2.05, 4.69) is 40.5 Å². The number of hydrogen-bond donors (Lipinski definition) is 1. The molecule has 104 valence electrons. The second kappa shape index (κ2) is 6.53. The van der Waals surface area contributed by atoms with E-state index in [1.54, 1.807) is 0 Å². The highest BCUT2D eigenvalue weighted by Gasteiger charge is 2.27. The molecular weight excluding hydrogens is 232 g/mol. The highest BCUT2D eigenvalue weighted by atomic mass is 15.2. The summed E-state index contributed by atoms with van der Waals surface area (Å²) in [5.74, 6) is 0.961. The fraction of sp³-hybridized carbons (Fsp3) is 0.647. The summed E-state index contributed by atoms with van der Waals surface area (Å²) in [5.41, 5.74) is 1.47. The molecule has 0 saturated carbocycles. The summed E-state index contributed by atoms with van der Waals surface area (Å²) in [4.78, 5) is 2.72. The monoisotopic (exact) mass is 258 g/mol. The number of nitrogens with zero attached hydrogens (tertiary/aromatic N) is 1. The van der Waals surface area contributed by atoms with Gasteiger partial charge in [-0.05, 0) is 63.2 Å². The van der Waals surface area contributed by atoms with Gasteiger partial charge in [0.2, 0.25) is 0 Å². The van der Waals surface area contributed by atoms with E-state index >= 15 is 0 Å². The Morgan fingerprint density at radius 1 is 1.05 bits per heavy atom. The van der Waals surface area contributed by atoms with Gasteiger partial charge in [0.1, 0.15) is 0 Å². The topological polar surface area (TPSA) is 15.3 Å². The maximum atomic E-state index is 3.48. The summed E-state index contributed by atoms with van der Waals surface area (Å²) in [6.07, 6.45) is 7.00. The lowest BCUT2D eigenvalue weighted by Crippen LogP contribution is -2.34. The third kappa shape index (κ3) is 3.58. The molecule has 2 aliphatic heterocycles. The predicted octanol–water partition coefficient (Wildman–Crippen LogP) is 3.04. The lowest BCUT2D eigenvalue weighted by molar-refractivity contribution is 0.195. The summed E-state index contributed by atoms with van der Waals surface area (Å²) in [6.45, 7) is 4.91. The van der Waals surface area contributed by atoms with Gasteiger partial charge in [-0.2, -0.15) is 0 Å². The minimum absolute atomic E-state index is 0.836. The minimum Gasteiger partial charge on any atom is -0.317 e. The maximum Gasteiger partial charge on any atom is 0.0236 e. The summed E-state index contributed by atoms with van der Waals surface area (Å²) in [5, 5.41) is 3.48. The van der Waals surface area contributed by atoms with Crippen LogP contribution in [0.5, 0.6) is 0 Å². The van der Waals surface area contributed by atoms with E-state index in [4.69, 9.17) is 0 Å². The van der Waals surface area contributed by atoms with Crippen LogP contribution in [0, 0.1) is 5.92 Å². The van der Waals surface area contributed by atoms with Gasteiger partial charge in [-0.1, -0.05) is 30.3 Å². The number of hydrogen-bond acceptors (Lipinski definition) is 2. The van der Waals surface area contributed by atoms with Gasteiger partial charge >= 0.3 is 0 Å². The molecule has 1 unspecified atom stereocenters. The third-order valence-electron chi connectivity index (χ3n) is 4.79. The molecule has 1 atom stereocenters. The molecule has 0 aromatic heterocycles. The summed E-state index contributed by atoms with van der Waals surface area (Å²) in [7, 11) is 0. The number of rotatable bonds is 4. The molecule has 3 rings (SSSR count). The Hall–Kier alpha value is -0.860. The first-order valence-corrected chi connectivity index (χ1v) is 7.90. The SMILES string of the molecule is c1ccc(CN2CCCC2CC2CCNCC2)cc1. The molecule has 0 spiro atoms. The van der Waals surface area contributed by atoms with Crippen molar-refractivity contribution in [3.8, 4) is 0 Å². The zero-order valence-corrected chi connectivity index (χ0v) is 11.9. The van der Waals surface area contributed by atoms with Crippen LogP contribution in [0.2, 0.25) is 0 Å². The largest absolute Gasteiger partial charge is 0.317 e. The van der Waals surface area contributed by atoms with E-state index in [0.29, 0.717) is 0 Å². The van der Waals surface area contributed by atoms with Crippen LogP contribution >= 0.6 is 0 Å². The van der Waals surface area contributed by atoms with Gasteiger partial charge in [-0.3, -0.25) is 4.90 Å². The van der Waals surface area contributed by atoms with Gasteiger partial charge in [0.05, 0.1) is 0 Å². The van der Waals surface area contributed by atoms with Gasteiger partial charge in [0, 0.05) is 12.6 Å². The molecule has 0 radical (unpaired) electrons. The molecule has 0 bridgehead atoms. The Morgan fingerprint density at radius 3 is 2.63 bits per heavy atom. The van der Waals surface area contributed by atoms with Gasteiger partial charge in [0.15, 0.2) is 0 Å². The van der Waals surface area contributed by atoms with Crippen molar-refractivity contribution < 1.29 is 0 Å². The van der Waals surface area contributed by atoms with Crippen molar-refractivity contribution in [1.29, 1.82) is 0 Å². The molecule has 1 aromatic rings. The molecular formula is C17H26N2. The quantitative estimate of drug-likeness (QED) is 0.893. The Balaban J connectivity index is 1.55. The summed E-state index contributed by atoms with van der Waals surface area (Å²) in [6, 6.07) is 11.8. The second-order valence-corrected chi connectivity index (χ2v) is 6.18. The van der Waals surface area contributed by atoms with Crippen LogP contribution in [0.25, 0.3) is 0 Å². The molecule has 2 nitrogen and oxygen atoms in total. The molecule has 2 saturated heterocycles. The van der Waals surface area contributed by atoms with Crippen molar-refractivity contribution in [2.24, 2.45) is 5.92 Å². The maximum absolute atomic E-state index is 3.48. The minimum atomic E-state index is 0.836. The molecule has 2 fully saturated rings. The van der Waals surface area contributed by atoms with E-state index in [9.17, 15) is 0 Å². The predicted molar refractivity (Wildman–Crippen MR) is 80.1 cm³/mol. The van der Waals surface area contributed by atoms with Crippen molar-refractivity contribution in [2.45, 2.75) is 44.7 Å². The van der Waals surface area contributed by atoms with E-state index < -0.39 is 0 Å². The van der Waals surface area contributed by atoms with Crippen LogP contribution < -0.4 is 5.32 Å². The van der Waals surface area contributed by atoms with Gasteiger partial charge in [-0.25, -0.2) is 0 Å². The molecule has 0 aliphatic carbocycles. The lowest BCUT2D eigenvalue weighted by Gasteiger charge is -2.30. The van der Waals surface area contributed by atoms with E-state index in [-0.39, 0.29) is 0 Å². The van der Waals surface area contributed by atoms with Crippen LogP contribution in [0.1, 0.15) is 37.7 Å². The molecule has 1 aromatic carbocycles. The van der Waals surface area contributed by atoms with Crippen LogP contribution in [0.3, 0.4) is 0 Å². The van der Waals surface area contributed by atoms with Crippen LogP contribution in [-0.4, -0.2) is 30.6 Å². The smallest absolute Gasteiger partial charge is 0.0236 e. The standard InChI is InChI=1S/C17H26N2/c1-2-5-16(6-3-1)14-19-12-4-7-17(19)13-15-8-10-18-11-9-15/h1-3,5-6,15,17-18H,4,7-14H2. The molecule has 0 amide bonds. The van der Waals surface area contributed by atoms with Crippen LogP contribution in [0.4, 0.5) is 0 Å². The van der Waals surface area contributed by atoms with Gasteiger partial charge < -0.3 is 5.32 Å². The van der Waals surface area contributed by atoms with Crippen LogP contribution in [-0.2, 0) is 6.54 Å². The summed E-state index contributed by atoms with van der Waals surface area (Å²) >= 11 is 0. The average Bonchev–Trinajstić information content (AvgIpc) is 2.88. The van der Waals surface area contributed by atoms with Gasteiger partial charge in [0.25, 0.3) is 0 Å². The van der Waals surface area contributed by atoms with E-state index in [1.165, 1.54) is 57.3 Å². The second-order valence-electron chi connectivity index (χ2n) is 6.18. The number of benzene rings is 1. The summed E-state index contributed by atoms with van der Waals surface area (Å²) < 4.78 is 0. The highest BCUT2D eigenvalue weighted by Crippen LogP contribution is 2.28. The Morgan fingerprint density at radius 2 is 1.84 bits per heavy atom. The molecule has 1 N–H and O–H groups in total. The highest BCUT2D eigenvalue weighted by molar-refractivity contribution is 5.14. The van der Waals surface area contributed by atoms with Gasteiger partial charge in [-0.15, -0.1) is 0 Å². The van der Waals surface area contributed by atoms with Crippen molar-refractivity contribution >= 4 is 0 Å². The molecule has 2 heteroatoms. The molecule has 2 aliphatic rings. The van der Waals surface area contributed by atoms with Crippen molar-refractivity contribution in [3.05, 3.63) is 35.9 Å². The molecule has 2 heterocycles. The van der Waals surface area contributed by atoms with Crippen molar-refractivity contribution in [1.82, 2.24) is 10.2 Å². The third-order valence-corrected chi connectivity index (χ3v) is 4.79. The normalized spacial score (nSPS) is 25.8. The van der Waals surface area contributed by atoms with Crippen molar-refractivity contribution in [2.75, 3.05) is 19.6 Å². The number of nitrogens with one attached hydrogen (secondary N) is 1. The first-order chi connectivity index (χ1) is 9.42. The molecule has 19 heavy (non-hydrogen) atoms. The zero-order chi connectivity index (χ0) is 12.9. The van der Waals surface area contributed by atoms with E-state index in [0.717, 1.165) is 18.5 Å². The average molecular weight is 258 g/mol. The first-order valence-electron chi connectivity index (χ1n) is 7.90. The first kappa shape index (κ1) is 13.1. The van der Waals surface area contributed by atoms with Crippen molar-refractivity contribution in [3.63, 3.8) is 0 Å². The van der Waals surface area contributed by atoms with E-state index in [1.807, 2.05) is 0 Å². The Bertz CT molecular complexity index is 370. The lowest BCUT2D eigenvalue weighted by atomic mass is 9.90. The Labute approximate surface area is 117 Å². The fourth-order valence-electron chi connectivity index (χ4n) is 3.69.